The van der Waals surface area contributed by atoms with Gasteiger partial charge in [-0.15, -0.1) is 0 Å². The maximum absolute atomic E-state index is 10.5. The van der Waals surface area contributed by atoms with Crippen molar-refractivity contribution in [1.82, 2.24) is 0 Å². The van der Waals surface area contributed by atoms with Gasteiger partial charge in [0.25, 0.3) is 10.1 Å². The standard InChI is InChI=1S/C10H13NO5S/c12-10(13)3-7-11-5-1-9(2-6-11)4-8-17(14,15)16/h1-2,5-6H,3-4,7-8H2,(H-,12,13,14,15,16)/p+1. The summed E-state index contributed by atoms with van der Waals surface area (Å²) in [6.45, 7) is 0.369. The van der Waals surface area contributed by atoms with Gasteiger partial charge in [-0.2, -0.15) is 8.42 Å². The number of nitrogens with zero attached hydrogens (tertiary/aromatic N) is 1. The van der Waals surface area contributed by atoms with E-state index in [4.69, 9.17) is 9.66 Å². The molecule has 0 atom stereocenters. The molecule has 0 bridgehead atoms. The van der Waals surface area contributed by atoms with Gasteiger partial charge in [-0.1, -0.05) is 0 Å². The van der Waals surface area contributed by atoms with E-state index in [-0.39, 0.29) is 18.6 Å². The largest absolute Gasteiger partial charge is 0.481 e. The van der Waals surface area contributed by atoms with Crippen molar-refractivity contribution in [2.75, 3.05) is 5.75 Å². The number of hydrogen-bond donors (Lipinski definition) is 2. The van der Waals surface area contributed by atoms with Crippen molar-refractivity contribution in [3.8, 4) is 0 Å². The second-order valence-electron chi connectivity index (χ2n) is 3.62. The molecule has 0 amide bonds. The van der Waals surface area contributed by atoms with Crippen molar-refractivity contribution in [3.05, 3.63) is 30.1 Å². The molecule has 0 aliphatic carbocycles. The fourth-order valence-electron chi connectivity index (χ4n) is 1.28. The van der Waals surface area contributed by atoms with Crippen LogP contribution in [0.25, 0.3) is 0 Å². The molecule has 0 saturated carbocycles. The first-order valence-electron chi connectivity index (χ1n) is 5.02. The number of carboxylic acid groups (broad SMARTS) is 1. The number of aromatic nitrogens is 1. The normalized spacial score (nSPS) is 11.4. The summed E-state index contributed by atoms with van der Waals surface area (Å²) in [6.07, 6.45) is 3.64. The number of aliphatic carboxylic acids is 1. The van der Waals surface area contributed by atoms with Gasteiger partial charge in [0.1, 0.15) is 6.42 Å². The molecule has 6 nitrogen and oxygen atoms in total. The maximum atomic E-state index is 10.5. The Morgan fingerprint density at radius 1 is 1.29 bits per heavy atom. The average Bonchev–Trinajstić information content (AvgIpc) is 2.24. The number of aryl methyl sites for hydroxylation is 2. The Kier molecular flexibility index (Phi) is 4.59. The SMILES string of the molecule is O=C(O)CC[n+]1ccc(CCS(=O)(=O)O)cc1. The lowest BCUT2D eigenvalue weighted by atomic mass is 10.2. The summed E-state index contributed by atoms with van der Waals surface area (Å²) < 4.78 is 31.3. The number of pyridine rings is 1. The van der Waals surface area contributed by atoms with E-state index in [0.717, 1.165) is 5.56 Å². The van der Waals surface area contributed by atoms with E-state index in [0.29, 0.717) is 6.54 Å². The smallest absolute Gasteiger partial charge is 0.309 e. The van der Waals surface area contributed by atoms with E-state index in [9.17, 15) is 13.2 Å². The van der Waals surface area contributed by atoms with Crippen LogP contribution in [0.4, 0.5) is 0 Å². The summed E-state index contributed by atoms with van der Waals surface area (Å²) in [5, 5.41) is 8.50. The predicted molar refractivity (Wildman–Crippen MR) is 59.0 cm³/mol. The van der Waals surface area contributed by atoms with Crippen LogP contribution in [0.3, 0.4) is 0 Å². The zero-order valence-corrected chi connectivity index (χ0v) is 9.93. The molecule has 0 fully saturated rings. The van der Waals surface area contributed by atoms with Crippen LogP contribution in [0.2, 0.25) is 0 Å². The lowest BCUT2D eigenvalue weighted by molar-refractivity contribution is -0.696. The summed E-state index contributed by atoms with van der Waals surface area (Å²) in [6, 6.07) is 3.40. The van der Waals surface area contributed by atoms with Crippen molar-refractivity contribution in [1.29, 1.82) is 0 Å². The van der Waals surface area contributed by atoms with Gasteiger partial charge >= 0.3 is 5.97 Å². The number of rotatable bonds is 6. The predicted octanol–water partition coefficient (Wildman–Crippen LogP) is -0.121. The van der Waals surface area contributed by atoms with Crippen LogP contribution in [-0.2, 0) is 27.9 Å². The van der Waals surface area contributed by atoms with Gasteiger partial charge in [-0.05, 0) is 12.0 Å². The first kappa shape index (κ1) is 13.6. The Bertz CT molecular complexity index is 480. The molecule has 17 heavy (non-hydrogen) atoms. The Balaban J connectivity index is 2.53. The molecule has 7 heteroatoms. The first-order valence-corrected chi connectivity index (χ1v) is 6.63. The molecule has 1 rings (SSSR count). The van der Waals surface area contributed by atoms with E-state index < -0.39 is 16.1 Å². The molecule has 1 aromatic heterocycles. The summed E-state index contributed by atoms with van der Waals surface area (Å²) in [4.78, 5) is 10.3. The van der Waals surface area contributed by atoms with Crippen molar-refractivity contribution >= 4 is 16.1 Å². The number of carboxylic acids is 1. The Morgan fingerprint density at radius 3 is 2.35 bits per heavy atom. The molecule has 0 spiro atoms. The van der Waals surface area contributed by atoms with Crippen LogP contribution in [0.1, 0.15) is 12.0 Å². The average molecular weight is 260 g/mol. The molecular weight excluding hydrogens is 246 g/mol. The van der Waals surface area contributed by atoms with Gasteiger partial charge in [-0.3, -0.25) is 9.35 Å². The fraction of sp³-hybridized carbons (Fsp3) is 0.400. The van der Waals surface area contributed by atoms with E-state index in [2.05, 4.69) is 0 Å². The summed E-state index contributed by atoms with van der Waals surface area (Å²) in [5.41, 5.74) is 0.772. The van der Waals surface area contributed by atoms with Crippen LogP contribution >= 0.6 is 0 Å². The third-order valence-corrected chi connectivity index (χ3v) is 2.91. The summed E-state index contributed by atoms with van der Waals surface area (Å²) in [7, 11) is -3.94. The van der Waals surface area contributed by atoms with Gasteiger partial charge in [0.15, 0.2) is 18.9 Å². The highest BCUT2D eigenvalue weighted by atomic mass is 32.2. The van der Waals surface area contributed by atoms with Crippen molar-refractivity contribution < 1.29 is 27.4 Å². The van der Waals surface area contributed by atoms with E-state index in [1.807, 2.05) is 0 Å². The summed E-state index contributed by atoms with van der Waals surface area (Å²) in [5.74, 6) is -1.18. The third-order valence-electron chi connectivity index (χ3n) is 2.19. The Morgan fingerprint density at radius 2 is 1.88 bits per heavy atom. The highest BCUT2D eigenvalue weighted by Crippen LogP contribution is 1.99. The van der Waals surface area contributed by atoms with E-state index >= 15 is 0 Å². The minimum atomic E-state index is -3.94. The molecule has 0 aliphatic rings. The quantitative estimate of drug-likeness (QED) is 0.549. The monoisotopic (exact) mass is 260 g/mol. The minimum Gasteiger partial charge on any atom is -0.481 e. The lowest BCUT2D eigenvalue weighted by Crippen LogP contribution is -2.33. The van der Waals surface area contributed by atoms with E-state index in [1.54, 1.807) is 29.1 Å². The van der Waals surface area contributed by atoms with Gasteiger partial charge in [0, 0.05) is 12.1 Å². The molecule has 1 aromatic rings. The van der Waals surface area contributed by atoms with Gasteiger partial charge in [0.05, 0.1) is 5.75 Å². The van der Waals surface area contributed by atoms with Crippen LogP contribution in [0.15, 0.2) is 24.5 Å². The van der Waals surface area contributed by atoms with Crippen molar-refractivity contribution in [3.63, 3.8) is 0 Å². The van der Waals surface area contributed by atoms with Crippen LogP contribution in [-0.4, -0.2) is 29.8 Å². The van der Waals surface area contributed by atoms with Crippen LogP contribution < -0.4 is 4.57 Å². The molecule has 0 aromatic carbocycles. The second-order valence-corrected chi connectivity index (χ2v) is 5.20. The van der Waals surface area contributed by atoms with Gasteiger partial charge in [-0.25, -0.2) is 4.57 Å². The molecule has 94 valence electrons. The molecule has 0 aliphatic heterocycles. The first-order chi connectivity index (χ1) is 7.87. The zero-order chi connectivity index (χ0) is 12.9. The second kappa shape index (κ2) is 5.74. The maximum Gasteiger partial charge on any atom is 0.309 e. The molecular formula is C10H14NO5S+. The van der Waals surface area contributed by atoms with Gasteiger partial charge < -0.3 is 5.11 Å². The van der Waals surface area contributed by atoms with Crippen molar-refractivity contribution in [2.45, 2.75) is 19.4 Å². The highest BCUT2D eigenvalue weighted by molar-refractivity contribution is 7.85. The molecule has 0 saturated heterocycles. The molecule has 2 N–H and O–H groups in total. The molecule has 0 unspecified atom stereocenters. The lowest BCUT2D eigenvalue weighted by Gasteiger charge is -1.99. The number of carbonyl (C=O) groups is 1. The van der Waals surface area contributed by atoms with E-state index in [1.165, 1.54) is 0 Å². The number of hydrogen-bond acceptors (Lipinski definition) is 3. The molecule has 1 heterocycles. The minimum absolute atomic E-state index is 0.0367. The third kappa shape index (κ3) is 5.98. The highest BCUT2D eigenvalue weighted by Gasteiger charge is 2.07. The Labute approximate surface area is 99.3 Å². The molecule has 0 radical (unpaired) electrons. The topological polar surface area (TPSA) is 95.5 Å². The fourth-order valence-corrected chi connectivity index (χ4v) is 1.77. The zero-order valence-electron chi connectivity index (χ0n) is 9.11. The van der Waals surface area contributed by atoms with Crippen molar-refractivity contribution in [2.24, 2.45) is 0 Å². The van der Waals surface area contributed by atoms with Crippen LogP contribution in [0, 0.1) is 0 Å². The van der Waals surface area contributed by atoms with Gasteiger partial charge in [0.2, 0.25) is 0 Å². The van der Waals surface area contributed by atoms with Crippen LogP contribution in [0.5, 0.6) is 0 Å². The Hall–Kier alpha value is -1.47. The summed E-state index contributed by atoms with van der Waals surface area (Å²) >= 11 is 0.